The van der Waals surface area contributed by atoms with Crippen molar-refractivity contribution in [3.8, 4) is 0 Å². The van der Waals surface area contributed by atoms with Crippen molar-refractivity contribution in [3.05, 3.63) is 0 Å². The summed E-state index contributed by atoms with van der Waals surface area (Å²) >= 11 is 0. The van der Waals surface area contributed by atoms with Crippen LogP contribution in [0.4, 0.5) is 0 Å². The summed E-state index contributed by atoms with van der Waals surface area (Å²) in [5, 5.41) is 8.64. The molecular weight excluding hydrogens is 216 g/mol. The van der Waals surface area contributed by atoms with Crippen LogP contribution in [-0.4, -0.2) is 24.3 Å². The van der Waals surface area contributed by atoms with E-state index in [1.54, 1.807) is 0 Å². The Hall–Kier alpha value is -0.570. The zero-order valence-electron chi connectivity index (χ0n) is 11.4. The molecule has 0 aromatic heterocycles. The maximum atomic E-state index is 11.7. The van der Waals surface area contributed by atoms with Crippen LogP contribution in [0.5, 0.6) is 0 Å². The summed E-state index contributed by atoms with van der Waals surface area (Å²) in [6.07, 6.45) is 8.81. The number of rotatable bonds is 11. The fraction of sp³-hybridized carbons (Fsp3) is 0.929. The van der Waals surface area contributed by atoms with Crippen LogP contribution in [0.2, 0.25) is 0 Å². The van der Waals surface area contributed by atoms with Gasteiger partial charge in [0.05, 0.1) is 12.5 Å². The second kappa shape index (κ2) is 11.9. The van der Waals surface area contributed by atoms with Gasteiger partial charge in [-0.3, -0.25) is 4.79 Å². The van der Waals surface area contributed by atoms with Gasteiger partial charge in [0, 0.05) is 0 Å². The molecule has 0 aliphatic carbocycles. The number of unbranched alkanes of at least 4 members (excludes halogenated alkanes) is 4. The minimum absolute atomic E-state index is 0.0401. The molecule has 0 aliphatic heterocycles. The quantitative estimate of drug-likeness (QED) is 0.448. The molecule has 0 fully saturated rings. The van der Waals surface area contributed by atoms with Crippen molar-refractivity contribution in [1.82, 2.24) is 0 Å². The summed E-state index contributed by atoms with van der Waals surface area (Å²) in [7, 11) is 0. The van der Waals surface area contributed by atoms with Crippen molar-refractivity contribution in [2.24, 2.45) is 5.92 Å². The number of carbonyl (C=O) groups is 1. The molecule has 3 heteroatoms. The molecule has 1 unspecified atom stereocenters. The van der Waals surface area contributed by atoms with Crippen molar-refractivity contribution in [3.63, 3.8) is 0 Å². The summed E-state index contributed by atoms with van der Waals surface area (Å²) in [6.45, 7) is 4.37. The molecule has 0 heterocycles. The van der Waals surface area contributed by atoms with Gasteiger partial charge in [-0.15, -0.1) is 0 Å². The normalized spacial score (nSPS) is 12.4. The van der Waals surface area contributed by atoms with Gasteiger partial charge in [0.25, 0.3) is 0 Å². The first-order chi connectivity index (χ1) is 8.26. The van der Waals surface area contributed by atoms with E-state index in [4.69, 9.17) is 9.84 Å². The molecule has 0 aromatic rings. The van der Waals surface area contributed by atoms with E-state index in [-0.39, 0.29) is 25.1 Å². The van der Waals surface area contributed by atoms with E-state index in [1.165, 1.54) is 19.3 Å². The van der Waals surface area contributed by atoms with Gasteiger partial charge in [-0.1, -0.05) is 52.4 Å². The fourth-order valence-corrected chi connectivity index (χ4v) is 1.91. The van der Waals surface area contributed by atoms with Crippen LogP contribution in [0.15, 0.2) is 0 Å². The Kier molecular flexibility index (Phi) is 11.5. The highest BCUT2D eigenvalue weighted by atomic mass is 16.5. The maximum absolute atomic E-state index is 11.7. The third-order valence-corrected chi connectivity index (χ3v) is 2.98. The maximum Gasteiger partial charge on any atom is 0.309 e. The summed E-state index contributed by atoms with van der Waals surface area (Å²) in [5.74, 6) is -0.0812. The highest BCUT2D eigenvalue weighted by molar-refractivity contribution is 5.72. The van der Waals surface area contributed by atoms with Gasteiger partial charge < -0.3 is 9.84 Å². The van der Waals surface area contributed by atoms with Crippen LogP contribution in [-0.2, 0) is 9.53 Å². The Morgan fingerprint density at radius 2 is 1.71 bits per heavy atom. The van der Waals surface area contributed by atoms with Crippen molar-refractivity contribution < 1.29 is 14.6 Å². The standard InChI is InChI=1S/C14H28O3/c1-3-5-7-8-10-13(9-6-4-2)14(16)17-12-11-15/h13,15H,3-12H2,1-2H3. The minimum atomic E-state index is -0.121. The minimum Gasteiger partial charge on any atom is -0.463 e. The number of hydrogen-bond acceptors (Lipinski definition) is 3. The van der Waals surface area contributed by atoms with Gasteiger partial charge in [-0.05, 0) is 12.8 Å². The highest BCUT2D eigenvalue weighted by Crippen LogP contribution is 2.18. The fourth-order valence-electron chi connectivity index (χ4n) is 1.91. The highest BCUT2D eigenvalue weighted by Gasteiger charge is 2.18. The monoisotopic (exact) mass is 244 g/mol. The topological polar surface area (TPSA) is 46.5 Å². The third-order valence-electron chi connectivity index (χ3n) is 2.98. The Balaban J connectivity index is 3.89. The zero-order chi connectivity index (χ0) is 12.9. The lowest BCUT2D eigenvalue weighted by Gasteiger charge is -2.15. The lowest BCUT2D eigenvalue weighted by atomic mass is 9.95. The summed E-state index contributed by atoms with van der Waals surface area (Å²) < 4.78 is 5.02. The average molecular weight is 244 g/mol. The van der Waals surface area contributed by atoms with Crippen molar-refractivity contribution in [2.75, 3.05) is 13.2 Å². The summed E-state index contributed by atoms with van der Waals surface area (Å²) in [5.41, 5.74) is 0. The van der Waals surface area contributed by atoms with Gasteiger partial charge in [-0.25, -0.2) is 0 Å². The average Bonchev–Trinajstić information content (AvgIpc) is 2.35. The Bertz CT molecular complexity index is 180. The van der Waals surface area contributed by atoms with E-state index in [2.05, 4.69) is 13.8 Å². The lowest BCUT2D eigenvalue weighted by molar-refractivity contribution is -0.150. The first-order valence-electron chi connectivity index (χ1n) is 7.03. The molecule has 17 heavy (non-hydrogen) atoms. The van der Waals surface area contributed by atoms with Crippen LogP contribution in [0.3, 0.4) is 0 Å². The molecule has 0 aliphatic rings. The van der Waals surface area contributed by atoms with Crippen LogP contribution >= 0.6 is 0 Å². The van der Waals surface area contributed by atoms with Crippen LogP contribution in [0.25, 0.3) is 0 Å². The summed E-state index contributed by atoms with van der Waals surface area (Å²) in [6, 6.07) is 0. The number of hydrogen-bond donors (Lipinski definition) is 1. The van der Waals surface area contributed by atoms with E-state index in [0.717, 1.165) is 32.1 Å². The van der Waals surface area contributed by atoms with E-state index in [0.29, 0.717) is 0 Å². The van der Waals surface area contributed by atoms with E-state index < -0.39 is 0 Å². The predicted octanol–water partition coefficient (Wildman–Crippen LogP) is 3.30. The van der Waals surface area contributed by atoms with Gasteiger partial charge in [-0.2, -0.15) is 0 Å². The number of ether oxygens (including phenoxy) is 1. The first kappa shape index (κ1) is 16.4. The predicted molar refractivity (Wildman–Crippen MR) is 69.8 cm³/mol. The molecule has 1 atom stereocenters. The molecule has 0 saturated carbocycles. The molecule has 0 aromatic carbocycles. The number of esters is 1. The van der Waals surface area contributed by atoms with E-state index in [9.17, 15) is 4.79 Å². The molecule has 0 spiro atoms. The molecule has 3 nitrogen and oxygen atoms in total. The first-order valence-corrected chi connectivity index (χ1v) is 7.03. The Labute approximate surface area is 106 Å². The molecule has 0 amide bonds. The smallest absolute Gasteiger partial charge is 0.309 e. The molecule has 0 bridgehead atoms. The largest absolute Gasteiger partial charge is 0.463 e. The Morgan fingerprint density at radius 3 is 2.29 bits per heavy atom. The van der Waals surface area contributed by atoms with Crippen molar-refractivity contribution >= 4 is 5.97 Å². The molecule has 1 N–H and O–H groups in total. The van der Waals surface area contributed by atoms with Crippen LogP contribution in [0, 0.1) is 5.92 Å². The molecule has 0 radical (unpaired) electrons. The Morgan fingerprint density at radius 1 is 1.06 bits per heavy atom. The second-order valence-corrected chi connectivity index (χ2v) is 4.58. The molecule has 0 rings (SSSR count). The lowest BCUT2D eigenvalue weighted by Crippen LogP contribution is -2.19. The number of carbonyl (C=O) groups excluding carboxylic acids is 1. The van der Waals surface area contributed by atoms with Crippen LogP contribution in [0.1, 0.15) is 65.2 Å². The van der Waals surface area contributed by atoms with Crippen LogP contribution < -0.4 is 0 Å². The van der Waals surface area contributed by atoms with Crippen molar-refractivity contribution in [2.45, 2.75) is 65.2 Å². The SMILES string of the molecule is CCCCCCC(CCCC)C(=O)OCCO. The van der Waals surface area contributed by atoms with Gasteiger partial charge in [0.1, 0.15) is 6.61 Å². The zero-order valence-corrected chi connectivity index (χ0v) is 11.4. The number of aliphatic hydroxyl groups excluding tert-OH is 1. The number of aliphatic hydroxyl groups is 1. The van der Waals surface area contributed by atoms with E-state index >= 15 is 0 Å². The summed E-state index contributed by atoms with van der Waals surface area (Å²) in [4.78, 5) is 11.7. The van der Waals surface area contributed by atoms with E-state index in [1.807, 2.05) is 0 Å². The molecular formula is C14H28O3. The third kappa shape index (κ3) is 9.16. The molecule has 0 saturated heterocycles. The second-order valence-electron chi connectivity index (χ2n) is 4.58. The van der Waals surface area contributed by atoms with Crippen molar-refractivity contribution in [1.29, 1.82) is 0 Å². The molecule has 102 valence electrons. The van der Waals surface area contributed by atoms with Gasteiger partial charge in [0.2, 0.25) is 0 Å². The van der Waals surface area contributed by atoms with Gasteiger partial charge in [0.15, 0.2) is 0 Å². The van der Waals surface area contributed by atoms with Gasteiger partial charge >= 0.3 is 5.97 Å².